The third-order valence-electron chi connectivity index (χ3n) is 5.96. The molecule has 1 atom stereocenters. The van der Waals surface area contributed by atoms with Crippen LogP contribution in [-0.2, 0) is 16.0 Å². The van der Waals surface area contributed by atoms with Gasteiger partial charge in [-0.05, 0) is 45.6 Å². The highest BCUT2D eigenvalue weighted by Gasteiger charge is 2.21. The third kappa shape index (κ3) is 8.87. The van der Waals surface area contributed by atoms with E-state index in [0.717, 1.165) is 6.42 Å². The van der Waals surface area contributed by atoms with Gasteiger partial charge in [0.15, 0.2) is 5.76 Å². The Kier molecular flexibility index (Phi) is 11.1. The predicted octanol–water partition coefficient (Wildman–Crippen LogP) is 3.46. The number of aromatic nitrogens is 3. The Morgan fingerprint density at radius 1 is 1.18 bits per heavy atom. The fraction of sp³-hybridized carbons (Fsp3) is 0.393. The fourth-order valence-electron chi connectivity index (χ4n) is 3.56. The summed E-state index contributed by atoms with van der Waals surface area (Å²) in [5, 5.41) is 13.2. The van der Waals surface area contributed by atoms with Crippen molar-refractivity contribution in [2.24, 2.45) is 0 Å². The number of rotatable bonds is 14. The van der Waals surface area contributed by atoms with Crippen LogP contribution in [0.3, 0.4) is 0 Å². The summed E-state index contributed by atoms with van der Waals surface area (Å²) in [7, 11) is 5.42. The lowest BCUT2D eigenvalue weighted by atomic mass is 10.2. The standard InChI is InChI=1S/C28H37FN8O3/c1-6-13-30-26-23(18-32-28(34-26)33-21-10-7-9-20(29)16-21)24-17-22(35-40-24)12-14-31-27(39)19(2)37(5)25(38)11-8-15-36(3)4/h7-11,16-19H,6,12-15H2,1-5H3,(H,31,39)(H2,30,32,33,34)/t19-/m0/s1. The smallest absolute Gasteiger partial charge is 0.246 e. The number of benzene rings is 1. The molecule has 0 saturated carbocycles. The Balaban J connectivity index is 1.60. The van der Waals surface area contributed by atoms with Crippen LogP contribution in [0.5, 0.6) is 0 Å². The molecule has 214 valence electrons. The number of hydrogen-bond acceptors (Lipinski definition) is 9. The van der Waals surface area contributed by atoms with Gasteiger partial charge in [0.2, 0.25) is 17.8 Å². The van der Waals surface area contributed by atoms with E-state index in [2.05, 4.69) is 31.1 Å². The first kappa shape index (κ1) is 30.2. The van der Waals surface area contributed by atoms with Crippen molar-refractivity contribution in [3.63, 3.8) is 0 Å². The van der Waals surface area contributed by atoms with Crippen LogP contribution in [0.1, 0.15) is 26.0 Å². The van der Waals surface area contributed by atoms with Crippen LogP contribution in [0.25, 0.3) is 11.3 Å². The van der Waals surface area contributed by atoms with E-state index < -0.39 is 6.04 Å². The number of halogens is 1. The van der Waals surface area contributed by atoms with Gasteiger partial charge in [-0.3, -0.25) is 9.59 Å². The number of anilines is 3. The van der Waals surface area contributed by atoms with Crippen molar-refractivity contribution < 1.29 is 18.5 Å². The molecule has 0 bridgehead atoms. The van der Waals surface area contributed by atoms with Gasteiger partial charge in [0.05, 0.1) is 11.3 Å². The molecular formula is C28H37FN8O3. The molecule has 0 radical (unpaired) electrons. The van der Waals surface area contributed by atoms with Gasteiger partial charge in [-0.15, -0.1) is 0 Å². The molecule has 0 aliphatic rings. The maximum absolute atomic E-state index is 13.6. The molecule has 0 spiro atoms. The summed E-state index contributed by atoms with van der Waals surface area (Å²) in [5.74, 6) is 0.465. The maximum atomic E-state index is 13.6. The minimum absolute atomic E-state index is 0.238. The molecule has 11 nitrogen and oxygen atoms in total. The minimum atomic E-state index is -0.631. The van der Waals surface area contributed by atoms with Gasteiger partial charge in [0, 0.05) is 57.1 Å². The van der Waals surface area contributed by atoms with Crippen molar-refractivity contribution in [3.8, 4) is 11.3 Å². The maximum Gasteiger partial charge on any atom is 0.246 e. The van der Waals surface area contributed by atoms with Gasteiger partial charge in [0.25, 0.3) is 0 Å². The summed E-state index contributed by atoms with van der Waals surface area (Å²) in [5.41, 5.74) is 1.79. The summed E-state index contributed by atoms with van der Waals surface area (Å²) >= 11 is 0. The molecular weight excluding hydrogens is 515 g/mol. The molecule has 3 rings (SSSR count). The fourth-order valence-corrected chi connectivity index (χ4v) is 3.56. The van der Waals surface area contributed by atoms with E-state index in [-0.39, 0.29) is 17.6 Å². The molecule has 0 fully saturated rings. The normalized spacial score (nSPS) is 12.0. The average Bonchev–Trinajstić information content (AvgIpc) is 3.39. The number of nitrogens with one attached hydrogen (secondary N) is 3. The van der Waals surface area contributed by atoms with Crippen molar-refractivity contribution >= 4 is 29.3 Å². The lowest BCUT2D eigenvalue weighted by molar-refractivity contribution is -0.135. The molecule has 1 aromatic carbocycles. The Bertz CT molecular complexity index is 1310. The lowest BCUT2D eigenvalue weighted by Crippen LogP contribution is -2.45. The van der Waals surface area contributed by atoms with Crippen LogP contribution in [0.2, 0.25) is 0 Å². The second kappa shape index (κ2) is 14.7. The van der Waals surface area contributed by atoms with E-state index in [0.29, 0.717) is 60.5 Å². The van der Waals surface area contributed by atoms with Crippen LogP contribution in [0.4, 0.5) is 21.8 Å². The molecule has 2 aromatic heterocycles. The van der Waals surface area contributed by atoms with Crippen molar-refractivity contribution in [3.05, 3.63) is 60.2 Å². The minimum Gasteiger partial charge on any atom is -0.369 e. The molecule has 3 N–H and O–H groups in total. The SMILES string of the molecule is CCCNc1nc(Nc2cccc(F)c2)ncc1-c1cc(CCNC(=O)[C@H](C)N(C)C(=O)C=CCN(C)C)no1. The zero-order valence-electron chi connectivity index (χ0n) is 23.6. The molecule has 0 aliphatic carbocycles. The van der Waals surface area contributed by atoms with Gasteiger partial charge >= 0.3 is 0 Å². The molecule has 12 heteroatoms. The van der Waals surface area contributed by atoms with Gasteiger partial charge in [-0.2, -0.15) is 4.98 Å². The van der Waals surface area contributed by atoms with Gasteiger partial charge < -0.3 is 30.3 Å². The second-order valence-electron chi connectivity index (χ2n) is 9.53. The lowest BCUT2D eigenvalue weighted by Gasteiger charge is -2.22. The first-order chi connectivity index (χ1) is 19.2. The highest BCUT2D eigenvalue weighted by molar-refractivity contribution is 5.92. The quantitative estimate of drug-likeness (QED) is 0.258. The number of amides is 2. The monoisotopic (exact) mass is 552 g/mol. The summed E-state index contributed by atoms with van der Waals surface area (Å²) < 4.78 is 19.1. The Hall–Kier alpha value is -4.32. The van der Waals surface area contributed by atoms with Crippen LogP contribution >= 0.6 is 0 Å². The number of carbonyl (C=O) groups excluding carboxylic acids is 2. The summed E-state index contributed by atoms with van der Waals surface area (Å²) in [6.45, 7) is 5.35. The molecule has 3 aromatic rings. The van der Waals surface area contributed by atoms with Gasteiger partial charge in [-0.1, -0.05) is 24.2 Å². The van der Waals surface area contributed by atoms with E-state index in [9.17, 15) is 14.0 Å². The number of hydrogen-bond donors (Lipinski definition) is 3. The first-order valence-corrected chi connectivity index (χ1v) is 13.1. The molecule has 2 amide bonds. The molecule has 0 saturated heterocycles. The highest BCUT2D eigenvalue weighted by atomic mass is 19.1. The number of nitrogens with zero attached hydrogens (tertiary/aromatic N) is 5. The highest BCUT2D eigenvalue weighted by Crippen LogP contribution is 2.28. The van der Waals surface area contributed by atoms with E-state index in [1.807, 2.05) is 25.9 Å². The number of carbonyl (C=O) groups is 2. The molecule has 0 aliphatic heterocycles. The zero-order valence-corrected chi connectivity index (χ0v) is 23.6. The van der Waals surface area contributed by atoms with Crippen molar-refractivity contribution in [2.75, 3.05) is 51.4 Å². The Morgan fingerprint density at radius 3 is 2.70 bits per heavy atom. The molecule has 0 unspecified atom stereocenters. The first-order valence-electron chi connectivity index (χ1n) is 13.1. The molecule has 40 heavy (non-hydrogen) atoms. The predicted molar refractivity (Wildman–Crippen MR) is 153 cm³/mol. The third-order valence-corrected chi connectivity index (χ3v) is 5.96. The summed E-state index contributed by atoms with van der Waals surface area (Å²) in [6, 6.07) is 7.19. The molecule has 2 heterocycles. The summed E-state index contributed by atoms with van der Waals surface area (Å²) in [4.78, 5) is 37.1. The average molecular weight is 553 g/mol. The topological polar surface area (TPSA) is 129 Å². The Morgan fingerprint density at radius 2 is 1.98 bits per heavy atom. The van der Waals surface area contributed by atoms with Crippen molar-refractivity contribution in [1.29, 1.82) is 0 Å². The van der Waals surface area contributed by atoms with Gasteiger partial charge in [0.1, 0.15) is 17.7 Å². The second-order valence-corrected chi connectivity index (χ2v) is 9.53. The van der Waals surface area contributed by atoms with E-state index >= 15 is 0 Å². The van der Waals surface area contributed by atoms with Crippen LogP contribution < -0.4 is 16.0 Å². The van der Waals surface area contributed by atoms with Crippen LogP contribution in [0, 0.1) is 5.82 Å². The Labute approximate surface area is 233 Å². The van der Waals surface area contributed by atoms with E-state index in [1.165, 1.54) is 23.1 Å². The largest absolute Gasteiger partial charge is 0.369 e. The number of likely N-dealkylation sites (N-methyl/N-ethyl adjacent to an activating group) is 2. The van der Waals surface area contributed by atoms with Crippen molar-refractivity contribution in [2.45, 2.75) is 32.7 Å². The van der Waals surface area contributed by atoms with Crippen LogP contribution in [-0.4, -0.2) is 83.6 Å². The van der Waals surface area contributed by atoms with E-state index in [1.54, 1.807) is 44.4 Å². The summed E-state index contributed by atoms with van der Waals surface area (Å²) in [6.07, 6.45) is 6.15. The van der Waals surface area contributed by atoms with Crippen LogP contribution in [0.15, 0.2) is 53.2 Å². The zero-order chi connectivity index (χ0) is 29.1. The van der Waals surface area contributed by atoms with Gasteiger partial charge in [-0.25, -0.2) is 9.37 Å². The van der Waals surface area contributed by atoms with Crippen molar-refractivity contribution in [1.82, 2.24) is 30.2 Å². The van der Waals surface area contributed by atoms with E-state index in [4.69, 9.17) is 4.52 Å².